The van der Waals surface area contributed by atoms with Gasteiger partial charge in [-0.15, -0.1) is 0 Å². The molecule has 0 heterocycles. The van der Waals surface area contributed by atoms with E-state index in [1.54, 1.807) is 19.1 Å². The van der Waals surface area contributed by atoms with Gasteiger partial charge in [0.2, 0.25) is 0 Å². The number of hydrogen-bond acceptors (Lipinski definition) is 3. The van der Waals surface area contributed by atoms with Gasteiger partial charge in [-0.1, -0.05) is 36.4 Å². The van der Waals surface area contributed by atoms with Gasteiger partial charge in [-0.05, 0) is 69.1 Å². The van der Waals surface area contributed by atoms with Crippen LogP contribution >= 0.6 is 12.2 Å². The summed E-state index contributed by atoms with van der Waals surface area (Å²) in [5, 5.41) is 7.04. The van der Waals surface area contributed by atoms with Crippen LogP contribution in [0.2, 0.25) is 0 Å². The molecule has 0 aliphatic rings. The third-order valence-corrected chi connectivity index (χ3v) is 4.30. The number of benzene rings is 2. The van der Waals surface area contributed by atoms with Crippen molar-refractivity contribution in [2.75, 3.05) is 11.9 Å². The van der Waals surface area contributed by atoms with Crippen LogP contribution in [-0.4, -0.2) is 23.7 Å². The first-order valence-corrected chi connectivity index (χ1v) is 9.29. The van der Waals surface area contributed by atoms with Crippen molar-refractivity contribution in [3.8, 4) is 0 Å². The van der Waals surface area contributed by atoms with E-state index in [0.29, 0.717) is 17.3 Å². The number of anilines is 1. The van der Waals surface area contributed by atoms with E-state index in [-0.39, 0.29) is 12.0 Å². The van der Waals surface area contributed by atoms with E-state index in [2.05, 4.69) is 41.8 Å². The highest BCUT2D eigenvalue weighted by atomic mass is 32.1. The summed E-state index contributed by atoms with van der Waals surface area (Å²) in [6.45, 7) is 6.23. The van der Waals surface area contributed by atoms with Gasteiger partial charge in [-0.3, -0.25) is 0 Å². The SMILES string of the molecule is CCOC(=O)c1ccc(C)c(NC(=S)NC(C)CCc2ccccc2)c1. The third kappa shape index (κ3) is 6.15. The Hall–Kier alpha value is -2.40. The van der Waals surface area contributed by atoms with Crippen LogP contribution < -0.4 is 10.6 Å². The Kier molecular flexibility index (Phi) is 7.60. The predicted molar refractivity (Wildman–Crippen MR) is 111 cm³/mol. The van der Waals surface area contributed by atoms with Crippen LogP contribution in [0.5, 0.6) is 0 Å². The van der Waals surface area contributed by atoms with Crippen molar-refractivity contribution >= 4 is 29.0 Å². The molecule has 0 amide bonds. The fraction of sp³-hybridized carbons (Fsp3) is 0.333. The van der Waals surface area contributed by atoms with Crippen molar-refractivity contribution in [1.29, 1.82) is 0 Å². The number of carbonyl (C=O) groups excluding carboxylic acids is 1. The summed E-state index contributed by atoms with van der Waals surface area (Å²) >= 11 is 5.42. The first kappa shape index (κ1) is 19.9. The average molecular weight is 371 g/mol. The molecule has 0 fully saturated rings. The highest BCUT2D eigenvalue weighted by Crippen LogP contribution is 2.18. The normalized spacial score (nSPS) is 11.5. The van der Waals surface area contributed by atoms with E-state index < -0.39 is 0 Å². The Bertz CT molecular complexity index is 747. The minimum Gasteiger partial charge on any atom is -0.462 e. The summed E-state index contributed by atoms with van der Waals surface area (Å²) in [4.78, 5) is 11.9. The lowest BCUT2D eigenvalue weighted by Crippen LogP contribution is -2.36. The average Bonchev–Trinajstić information content (AvgIpc) is 2.63. The maximum absolute atomic E-state index is 11.9. The lowest BCUT2D eigenvalue weighted by atomic mass is 10.1. The number of carbonyl (C=O) groups is 1. The van der Waals surface area contributed by atoms with Crippen LogP contribution in [0, 0.1) is 6.92 Å². The molecule has 0 saturated carbocycles. The Morgan fingerprint density at radius 3 is 2.62 bits per heavy atom. The highest BCUT2D eigenvalue weighted by Gasteiger charge is 2.11. The molecule has 2 N–H and O–H groups in total. The molecule has 0 spiro atoms. The van der Waals surface area contributed by atoms with Gasteiger partial charge >= 0.3 is 5.97 Å². The number of aryl methyl sites for hydroxylation is 2. The maximum atomic E-state index is 11.9. The molecule has 2 aromatic carbocycles. The molecule has 26 heavy (non-hydrogen) atoms. The molecular weight excluding hydrogens is 344 g/mol. The van der Waals surface area contributed by atoms with E-state index in [9.17, 15) is 4.79 Å². The van der Waals surface area contributed by atoms with E-state index in [0.717, 1.165) is 24.1 Å². The van der Waals surface area contributed by atoms with Crippen molar-refractivity contribution in [1.82, 2.24) is 5.32 Å². The van der Waals surface area contributed by atoms with Gasteiger partial charge < -0.3 is 15.4 Å². The number of rotatable bonds is 7. The van der Waals surface area contributed by atoms with E-state index in [1.807, 2.05) is 19.1 Å². The number of hydrogen-bond donors (Lipinski definition) is 2. The first-order chi connectivity index (χ1) is 12.5. The fourth-order valence-corrected chi connectivity index (χ4v) is 2.89. The van der Waals surface area contributed by atoms with E-state index in [4.69, 9.17) is 17.0 Å². The van der Waals surface area contributed by atoms with Crippen molar-refractivity contribution in [2.45, 2.75) is 39.7 Å². The number of thiocarbonyl (C=S) groups is 1. The Morgan fingerprint density at radius 2 is 1.92 bits per heavy atom. The Labute approximate surface area is 161 Å². The summed E-state index contributed by atoms with van der Waals surface area (Å²) in [5.74, 6) is -0.328. The van der Waals surface area contributed by atoms with E-state index >= 15 is 0 Å². The molecule has 5 heteroatoms. The number of nitrogens with one attached hydrogen (secondary N) is 2. The summed E-state index contributed by atoms with van der Waals surface area (Å²) in [6.07, 6.45) is 1.97. The number of esters is 1. The van der Waals surface area contributed by atoms with Gasteiger partial charge in [0.05, 0.1) is 12.2 Å². The van der Waals surface area contributed by atoms with Crippen molar-refractivity contribution < 1.29 is 9.53 Å². The minimum absolute atomic E-state index is 0.240. The lowest BCUT2D eigenvalue weighted by molar-refractivity contribution is 0.0526. The van der Waals surface area contributed by atoms with Crippen molar-refractivity contribution in [2.24, 2.45) is 0 Å². The number of ether oxygens (including phenoxy) is 1. The summed E-state index contributed by atoms with van der Waals surface area (Å²) < 4.78 is 5.05. The second kappa shape index (κ2) is 9.92. The monoisotopic (exact) mass is 370 g/mol. The van der Waals surface area contributed by atoms with Crippen LogP contribution in [0.1, 0.15) is 41.8 Å². The summed E-state index contributed by atoms with van der Waals surface area (Å²) in [7, 11) is 0. The van der Waals surface area contributed by atoms with Crippen LogP contribution in [0.15, 0.2) is 48.5 Å². The molecule has 0 aliphatic heterocycles. The summed E-state index contributed by atoms with van der Waals surface area (Å²) in [5.41, 5.74) is 3.65. The van der Waals surface area contributed by atoms with E-state index in [1.165, 1.54) is 5.56 Å². The molecule has 2 aromatic rings. The second-order valence-electron chi connectivity index (χ2n) is 6.27. The molecule has 0 saturated heterocycles. The van der Waals surface area contributed by atoms with Gasteiger partial charge in [-0.2, -0.15) is 0 Å². The van der Waals surface area contributed by atoms with Crippen molar-refractivity contribution in [3.05, 3.63) is 65.2 Å². The van der Waals surface area contributed by atoms with Gasteiger partial charge in [0.1, 0.15) is 0 Å². The molecule has 1 unspecified atom stereocenters. The molecule has 4 nitrogen and oxygen atoms in total. The van der Waals surface area contributed by atoms with Crippen LogP contribution in [0.3, 0.4) is 0 Å². The molecule has 0 radical (unpaired) electrons. The zero-order valence-electron chi connectivity index (χ0n) is 15.5. The lowest BCUT2D eigenvalue weighted by Gasteiger charge is -2.18. The molecular formula is C21H26N2O2S. The van der Waals surface area contributed by atoms with Gasteiger partial charge in [0.25, 0.3) is 0 Å². The molecule has 1 atom stereocenters. The van der Waals surface area contributed by atoms with Gasteiger partial charge in [0.15, 0.2) is 5.11 Å². The largest absolute Gasteiger partial charge is 0.462 e. The fourth-order valence-electron chi connectivity index (χ4n) is 2.58. The quantitative estimate of drug-likeness (QED) is 0.556. The van der Waals surface area contributed by atoms with Gasteiger partial charge in [-0.25, -0.2) is 4.79 Å². The minimum atomic E-state index is -0.328. The van der Waals surface area contributed by atoms with Gasteiger partial charge in [0, 0.05) is 11.7 Å². The van der Waals surface area contributed by atoms with Crippen LogP contribution in [0.25, 0.3) is 0 Å². The Morgan fingerprint density at radius 1 is 1.19 bits per heavy atom. The zero-order chi connectivity index (χ0) is 18.9. The second-order valence-corrected chi connectivity index (χ2v) is 6.68. The first-order valence-electron chi connectivity index (χ1n) is 8.88. The predicted octanol–water partition coefficient (Wildman–Crippen LogP) is 4.48. The van der Waals surface area contributed by atoms with Crippen LogP contribution in [-0.2, 0) is 11.2 Å². The molecule has 0 bridgehead atoms. The topological polar surface area (TPSA) is 50.4 Å². The maximum Gasteiger partial charge on any atom is 0.338 e. The molecule has 2 rings (SSSR count). The summed E-state index contributed by atoms with van der Waals surface area (Å²) in [6, 6.07) is 16.1. The molecule has 0 aliphatic carbocycles. The Balaban J connectivity index is 1.90. The molecule has 138 valence electrons. The zero-order valence-corrected chi connectivity index (χ0v) is 16.4. The third-order valence-electron chi connectivity index (χ3n) is 4.08. The smallest absolute Gasteiger partial charge is 0.338 e. The standard InChI is InChI=1S/C21H26N2O2S/c1-4-25-20(24)18-13-10-15(2)19(14-18)23-21(26)22-16(3)11-12-17-8-6-5-7-9-17/h5-10,13-14,16H,4,11-12H2,1-3H3,(H2,22,23,26). The molecule has 0 aromatic heterocycles. The van der Waals surface area contributed by atoms with Crippen molar-refractivity contribution in [3.63, 3.8) is 0 Å². The highest BCUT2D eigenvalue weighted by molar-refractivity contribution is 7.80. The van der Waals surface area contributed by atoms with Crippen LogP contribution in [0.4, 0.5) is 5.69 Å².